The zero-order valence-electron chi connectivity index (χ0n) is 19.9. The Hall–Kier alpha value is 0.627. The summed E-state index contributed by atoms with van der Waals surface area (Å²) < 4.78 is 9.08. The molecule has 0 nitrogen and oxygen atoms in total. The SMILES string of the molecule is CCC1C=C(C(C)(C)C)C=[C]1[Hf]([CH3])([CH3])(=[SiH2])[C]1=CC(C(C)(C)C)=CC1CC.Cl.Cl. The fourth-order valence-electron chi connectivity index (χ4n) is 4.69. The van der Waals surface area contributed by atoms with Crippen molar-refractivity contribution in [1.82, 2.24) is 0 Å². The molecule has 28 heavy (non-hydrogen) atoms. The van der Waals surface area contributed by atoms with Gasteiger partial charge in [0.05, 0.1) is 0 Å². The van der Waals surface area contributed by atoms with E-state index in [2.05, 4.69) is 96.0 Å². The minimum absolute atomic E-state index is 0. The molecule has 162 valence electrons. The van der Waals surface area contributed by atoms with Crippen molar-refractivity contribution in [2.24, 2.45) is 22.7 Å². The first-order chi connectivity index (χ1) is 11.6. The standard InChI is InChI=1S/2C11H17.2CH3.2ClH.Hf.H2Si/c2*1-5-9-6-7-10(8-9)11(2,3)4;;;;;;/h2*7-9H,5H2,1-4H3;2*1H3;2*1H;;1H2. The van der Waals surface area contributed by atoms with Crippen LogP contribution in [0.4, 0.5) is 0 Å². The maximum Gasteiger partial charge on any atom is -0.147 e. The van der Waals surface area contributed by atoms with Crippen LogP contribution in [0.2, 0.25) is 9.36 Å². The largest absolute Gasteiger partial charge is 0.147 e. The molecule has 2 aliphatic rings. The maximum atomic E-state index is 2.71. The van der Waals surface area contributed by atoms with E-state index >= 15 is 0 Å². The third kappa shape index (κ3) is 5.45. The average molecular weight is 610 g/mol. The van der Waals surface area contributed by atoms with E-state index in [1.54, 1.807) is 11.1 Å². The molecule has 0 bridgehead atoms. The summed E-state index contributed by atoms with van der Waals surface area (Å²) in [5.41, 5.74) is 3.63. The van der Waals surface area contributed by atoms with Gasteiger partial charge in [-0.15, -0.1) is 24.8 Å². The summed E-state index contributed by atoms with van der Waals surface area (Å²) in [5.74, 6) is 1.31. The average Bonchev–Trinajstić information content (AvgIpc) is 3.10. The summed E-state index contributed by atoms with van der Waals surface area (Å²) in [4.78, 5) is 0. The van der Waals surface area contributed by atoms with Crippen molar-refractivity contribution in [3.63, 3.8) is 0 Å². The molecule has 0 aromatic rings. The second kappa shape index (κ2) is 9.01. The van der Waals surface area contributed by atoms with E-state index in [9.17, 15) is 0 Å². The van der Waals surface area contributed by atoms with Gasteiger partial charge < -0.3 is 0 Å². The van der Waals surface area contributed by atoms with Crippen molar-refractivity contribution in [2.75, 3.05) is 0 Å². The van der Waals surface area contributed by atoms with Gasteiger partial charge in [-0.1, -0.05) is 0 Å². The zero-order chi connectivity index (χ0) is 20.2. The Morgan fingerprint density at radius 1 is 0.750 bits per heavy atom. The summed E-state index contributed by atoms with van der Waals surface area (Å²) in [7, 11) is 0. The number of halogens is 2. The van der Waals surface area contributed by atoms with Gasteiger partial charge in [-0.05, 0) is 0 Å². The number of hydrogen-bond donors (Lipinski definition) is 0. The Labute approximate surface area is 190 Å². The van der Waals surface area contributed by atoms with E-state index < -0.39 is 17.1 Å². The van der Waals surface area contributed by atoms with E-state index in [1.165, 1.54) is 12.8 Å². The van der Waals surface area contributed by atoms with Crippen LogP contribution in [0.15, 0.2) is 42.1 Å². The quantitative estimate of drug-likeness (QED) is 0.284. The van der Waals surface area contributed by atoms with E-state index in [-0.39, 0.29) is 35.6 Å². The molecule has 0 radical (unpaired) electrons. The normalized spacial score (nSPS) is 23.2. The molecule has 0 fully saturated rings. The van der Waals surface area contributed by atoms with Crippen LogP contribution in [-0.4, -0.2) is 6.94 Å². The summed E-state index contributed by atoms with van der Waals surface area (Å²) in [6.07, 6.45) is 12.9. The second-order valence-electron chi connectivity index (χ2n) is 11.7. The van der Waals surface area contributed by atoms with E-state index in [0.717, 1.165) is 0 Å². The van der Waals surface area contributed by atoms with Gasteiger partial charge in [-0.25, -0.2) is 0 Å². The van der Waals surface area contributed by atoms with Gasteiger partial charge in [0.25, 0.3) is 0 Å². The molecule has 2 rings (SSSR count). The van der Waals surface area contributed by atoms with Crippen molar-refractivity contribution in [1.29, 1.82) is 0 Å². The Morgan fingerprint density at radius 2 is 1.04 bits per heavy atom. The molecule has 0 aromatic carbocycles. The molecule has 0 aromatic heterocycles. The van der Waals surface area contributed by atoms with Crippen molar-refractivity contribution in [3.8, 4) is 0 Å². The summed E-state index contributed by atoms with van der Waals surface area (Å²) >= 11 is -3.30. The van der Waals surface area contributed by atoms with Gasteiger partial charge in [0.2, 0.25) is 0 Å². The van der Waals surface area contributed by atoms with E-state index in [4.69, 9.17) is 0 Å². The maximum absolute atomic E-state index is 3.30. The van der Waals surface area contributed by atoms with Crippen molar-refractivity contribution >= 4 is 31.8 Å². The molecule has 0 amide bonds. The molecular weight excluding hydrogens is 566 g/mol. The number of hydrogen-bond acceptors (Lipinski definition) is 0. The van der Waals surface area contributed by atoms with Gasteiger partial charge in [0.15, 0.2) is 0 Å². The van der Waals surface area contributed by atoms with Crippen molar-refractivity contribution in [2.45, 2.75) is 77.6 Å². The Morgan fingerprint density at radius 3 is 1.25 bits per heavy atom. The molecule has 4 heteroatoms. The van der Waals surface area contributed by atoms with Crippen LogP contribution in [0.25, 0.3) is 0 Å². The summed E-state index contributed by atoms with van der Waals surface area (Å²) in [6.45, 7) is 21.3. The molecule has 0 saturated heterocycles. The van der Waals surface area contributed by atoms with Crippen LogP contribution >= 0.6 is 24.8 Å². The fraction of sp³-hybridized carbons (Fsp3) is 0.667. The molecule has 0 spiro atoms. The molecule has 2 aliphatic carbocycles. The number of rotatable bonds is 4. The zero-order valence-corrected chi connectivity index (χ0v) is 26.5. The molecular formula is C24H44Cl2HfSi. The third-order valence-electron chi connectivity index (χ3n) is 6.65. The van der Waals surface area contributed by atoms with Crippen LogP contribution in [0.5, 0.6) is 0 Å². The van der Waals surface area contributed by atoms with Crippen LogP contribution in [0.1, 0.15) is 68.2 Å². The first-order valence-electron chi connectivity index (χ1n) is 10.6. The van der Waals surface area contributed by atoms with Gasteiger partial charge >= 0.3 is 166 Å². The smallest absolute Gasteiger partial charge is 0.147 e. The second-order valence-corrected chi connectivity index (χ2v) is 52.5. The summed E-state index contributed by atoms with van der Waals surface area (Å²) in [6, 6.07) is 0. The Bertz CT molecular complexity index is 716. The summed E-state index contributed by atoms with van der Waals surface area (Å²) in [5, 5.41) is 0. The van der Waals surface area contributed by atoms with Crippen LogP contribution in [-0.2, 0) is 17.1 Å². The van der Waals surface area contributed by atoms with Crippen LogP contribution < -0.4 is 0 Å². The predicted molar refractivity (Wildman–Crippen MR) is 134 cm³/mol. The first kappa shape index (κ1) is 28.6. The number of allylic oxidation sites excluding steroid dienone is 8. The minimum atomic E-state index is -3.30. The van der Waals surface area contributed by atoms with Crippen LogP contribution in [0, 0.1) is 22.7 Å². The van der Waals surface area contributed by atoms with Gasteiger partial charge in [-0.2, -0.15) is 0 Å². The molecule has 0 N–H and O–H groups in total. The Balaban J connectivity index is 0.00000364. The van der Waals surface area contributed by atoms with E-state index in [0.29, 0.717) is 11.8 Å². The van der Waals surface area contributed by atoms with Crippen LogP contribution in [0.3, 0.4) is 0 Å². The van der Waals surface area contributed by atoms with Crippen molar-refractivity contribution in [3.05, 3.63) is 42.1 Å². The Kier molecular flexibility index (Phi) is 9.21. The van der Waals surface area contributed by atoms with Gasteiger partial charge in [0.1, 0.15) is 0 Å². The van der Waals surface area contributed by atoms with Crippen molar-refractivity contribution < 1.29 is 17.1 Å². The monoisotopic (exact) mass is 610 g/mol. The van der Waals surface area contributed by atoms with Gasteiger partial charge in [0, 0.05) is 0 Å². The molecule has 0 heterocycles. The molecule has 2 atom stereocenters. The first-order valence-corrected chi connectivity index (χ1v) is 29.7. The van der Waals surface area contributed by atoms with E-state index in [1.807, 2.05) is 6.66 Å². The molecule has 2 unspecified atom stereocenters. The topological polar surface area (TPSA) is 0 Å². The fourth-order valence-corrected chi connectivity index (χ4v) is 26.9. The third-order valence-corrected chi connectivity index (χ3v) is 30.3. The predicted octanol–water partition coefficient (Wildman–Crippen LogP) is 7.96. The van der Waals surface area contributed by atoms with Gasteiger partial charge in [-0.3, -0.25) is 0 Å². The molecule has 0 saturated carbocycles. The molecule has 0 aliphatic heterocycles. The minimum Gasteiger partial charge on any atom is -0.147 e.